The molecule has 0 aromatic heterocycles. The summed E-state index contributed by atoms with van der Waals surface area (Å²) in [5.41, 5.74) is 1.45. The Morgan fingerprint density at radius 2 is 1.88 bits per heavy atom. The van der Waals surface area contributed by atoms with Crippen LogP contribution in [0.5, 0.6) is 0 Å². The van der Waals surface area contributed by atoms with Gasteiger partial charge in [0.25, 0.3) is 11.8 Å². The van der Waals surface area contributed by atoms with Gasteiger partial charge in [0.15, 0.2) is 0 Å². The van der Waals surface area contributed by atoms with Crippen LogP contribution in [0.2, 0.25) is 0 Å². The molecule has 1 aliphatic carbocycles. The predicted octanol–water partition coefficient (Wildman–Crippen LogP) is 0.252. The molecule has 1 unspecified atom stereocenters. The highest BCUT2D eigenvalue weighted by Crippen LogP contribution is 2.35. The summed E-state index contributed by atoms with van der Waals surface area (Å²) in [5, 5.41) is 8.78. The van der Waals surface area contributed by atoms with Crippen LogP contribution in [-0.4, -0.2) is 53.7 Å². The largest absolute Gasteiger partial charge is 0.383 e. The van der Waals surface area contributed by atoms with Crippen LogP contribution in [0.4, 0.5) is 5.69 Å². The Kier molecular flexibility index (Phi) is 3.80. The minimum absolute atomic E-state index is 0.109. The highest BCUT2D eigenvalue weighted by molar-refractivity contribution is 6.23. The molecule has 136 valence electrons. The van der Waals surface area contributed by atoms with Gasteiger partial charge in [-0.3, -0.25) is 29.4 Å². The second kappa shape index (κ2) is 5.91. The quantitative estimate of drug-likeness (QED) is 0.653. The van der Waals surface area contributed by atoms with Gasteiger partial charge < -0.3 is 10.6 Å². The summed E-state index contributed by atoms with van der Waals surface area (Å²) in [5.74, 6) is -1.95. The van der Waals surface area contributed by atoms with Crippen molar-refractivity contribution in [3.8, 4) is 0 Å². The standard InChI is InChI=1S/C18H20N4O4/c1-19-18(6-7-18)9-20-10-2-3-11-12(8-10)17(26)22(16(11)25)13-4-5-14(23)21-15(13)24/h2-3,8,13,19-20H,4-7,9H2,1H3,(H,21,23,24). The summed E-state index contributed by atoms with van der Waals surface area (Å²) >= 11 is 0. The zero-order chi connectivity index (χ0) is 18.5. The van der Waals surface area contributed by atoms with Crippen molar-refractivity contribution < 1.29 is 19.2 Å². The molecule has 1 aromatic rings. The lowest BCUT2D eigenvalue weighted by Crippen LogP contribution is -2.54. The summed E-state index contributed by atoms with van der Waals surface area (Å²) in [6.45, 7) is 0.737. The van der Waals surface area contributed by atoms with Gasteiger partial charge >= 0.3 is 0 Å². The molecule has 2 heterocycles. The second-order valence-corrected chi connectivity index (χ2v) is 7.09. The van der Waals surface area contributed by atoms with Gasteiger partial charge in [0.05, 0.1) is 11.1 Å². The average molecular weight is 356 g/mol. The molecule has 3 N–H and O–H groups in total. The highest BCUT2D eigenvalue weighted by atomic mass is 16.2. The Balaban J connectivity index is 1.54. The normalized spacial score (nSPS) is 23.7. The van der Waals surface area contributed by atoms with Crippen molar-refractivity contribution in [2.45, 2.75) is 37.3 Å². The van der Waals surface area contributed by atoms with Crippen molar-refractivity contribution in [2.75, 3.05) is 18.9 Å². The SMILES string of the molecule is CNC1(CNc2ccc3c(c2)C(=O)N(C2CCC(=O)NC2=O)C3=O)CC1. The number of nitrogens with zero attached hydrogens (tertiary/aromatic N) is 1. The van der Waals surface area contributed by atoms with Gasteiger partial charge in [-0.15, -0.1) is 0 Å². The van der Waals surface area contributed by atoms with Gasteiger partial charge in [-0.2, -0.15) is 0 Å². The first-order chi connectivity index (χ1) is 12.4. The number of piperidine rings is 1. The van der Waals surface area contributed by atoms with Crippen molar-refractivity contribution in [1.29, 1.82) is 0 Å². The molecular weight excluding hydrogens is 336 g/mol. The summed E-state index contributed by atoms with van der Waals surface area (Å²) in [6, 6.07) is 4.11. The number of nitrogens with one attached hydrogen (secondary N) is 3. The zero-order valence-corrected chi connectivity index (χ0v) is 14.4. The number of rotatable bonds is 5. The molecule has 2 fully saturated rings. The van der Waals surface area contributed by atoms with Crippen LogP contribution in [-0.2, 0) is 9.59 Å². The van der Waals surface area contributed by atoms with E-state index in [0.29, 0.717) is 11.1 Å². The van der Waals surface area contributed by atoms with Gasteiger partial charge in [-0.25, -0.2) is 0 Å². The number of anilines is 1. The Labute approximate surface area is 150 Å². The first-order valence-electron chi connectivity index (χ1n) is 8.72. The lowest BCUT2D eigenvalue weighted by molar-refractivity contribution is -0.136. The van der Waals surface area contributed by atoms with E-state index in [9.17, 15) is 19.2 Å². The van der Waals surface area contributed by atoms with Crippen LogP contribution in [0.3, 0.4) is 0 Å². The predicted molar refractivity (Wildman–Crippen MR) is 92.6 cm³/mol. The summed E-state index contributed by atoms with van der Waals surface area (Å²) in [4.78, 5) is 49.7. The molecule has 0 radical (unpaired) electrons. The van der Waals surface area contributed by atoms with Crippen LogP contribution >= 0.6 is 0 Å². The molecule has 3 aliphatic rings. The molecule has 2 aliphatic heterocycles. The molecule has 8 nitrogen and oxygen atoms in total. The summed E-state index contributed by atoms with van der Waals surface area (Å²) < 4.78 is 0. The third-order valence-corrected chi connectivity index (χ3v) is 5.45. The molecule has 0 bridgehead atoms. The first kappa shape index (κ1) is 16.7. The number of fused-ring (bicyclic) bond motifs is 1. The monoisotopic (exact) mass is 356 g/mol. The van der Waals surface area contributed by atoms with Crippen LogP contribution in [0.25, 0.3) is 0 Å². The molecule has 1 saturated carbocycles. The maximum Gasteiger partial charge on any atom is 0.262 e. The van der Waals surface area contributed by atoms with E-state index in [1.807, 2.05) is 7.05 Å². The Morgan fingerprint density at radius 1 is 1.15 bits per heavy atom. The van der Waals surface area contributed by atoms with Crippen molar-refractivity contribution in [1.82, 2.24) is 15.5 Å². The molecule has 1 atom stereocenters. The van der Waals surface area contributed by atoms with Crippen LogP contribution < -0.4 is 16.0 Å². The van der Waals surface area contributed by atoms with Crippen molar-refractivity contribution >= 4 is 29.3 Å². The fraction of sp³-hybridized carbons (Fsp3) is 0.444. The van der Waals surface area contributed by atoms with Gasteiger partial charge in [0.1, 0.15) is 6.04 Å². The van der Waals surface area contributed by atoms with Gasteiger partial charge in [-0.05, 0) is 44.5 Å². The highest BCUT2D eigenvalue weighted by Gasteiger charge is 2.45. The van der Waals surface area contributed by atoms with E-state index < -0.39 is 23.8 Å². The average Bonchev–Trinajstić information content (AvgIpc) is 3.37. The smallest absolute Gasteiger partial charge is 0.262 e. The van der Waals surface area contributed by atoms with Crippen LogP contribution in [0, 0.1) is 0 Å². The fourth-order valence-corrected chi connectivity index (χ4v) is 3.52. The van der Waals surface area contributed by atoms with E-state index >= 15 is 0 Å². The first-order valence-corrected chi connectivity index (χ1v) is 8.72. The third-order valence-electron chi connectivity index (χ3n) is 5.45. The number of benzene rings is 1. The number of amides is 4. The molecule has 1 aromatic carbocycles. The number of carbonyl (C=O) groups excluding carboxylic acids is 4. The number of hydrogen-bond acceptors (Lipinski definition) is 6. The van der Waals surface area contributed by atoms with E-state index in [4.69, 9.17) is 0 Å². The fourth-order valence-electron chi connectivity index (χ4n) is 3.52. The minimum atomic E-state index is -0.935. The number of hydrogen-bond donors (Lipinski definition) is 3. The Bertz CT molecular complexity index is 830. The van der Waals surface area contributed by atoms with E-state index in [1.54, 1.807) is 18.2 Å². The van der Waals surface area contributed by atoms with Crippen LogP contribution in [0.1, 0.15) is 46.4 Å². The number of carbonyl (C=O) groups is 4. The maximum absolute atomic E-state index is 12.8. The lowest BCUT2D eigenvalue weighted by Gasteiger charge is -2.27. The van der Waals surface area contributed by atoms with Crippen molar-refractivity contribution in [2.24, 2.45) is 0 Å². The van der Waals surface area contributed by atoms with Gasteiger partial charge in [0, 0.05) is 24.2 Å². The number of likely N-dealkylation sites (N-methyl/N-ethyl adjacent to an activating group) is 1. The molecular formula is C18H20N4O4. The van der Waals surface area contributed by atoms with Crippen molar-refractivity contribution in [3.63, 3.8) is 0 Å². The molecule has 0 spiro atoms. The summed E-state index contributed by atoms with van der Waals surface area (Å²) in [6.07, 6.45) is 2.47. The van der Waals surface area contributed by atoms with Crippen LogP contribution in [0.15, 0.2) is 18.2 Å². The molecule has 4 amide bonds. The second-order valence-electron chi connectivity index (χ2n) is 7.09. The molecule has 26 heavy (non-hydrogen) atoms. The van der Waals surface area contributed by atoms with Gasteiger partial charge in [-0.1, -0.05) is 0 Å². The molecule has 4 rings (SSSR count). The van der Waals surface area contributed by atoms with E-state index in [0.717, 1.165) is 30.0 Å². The van der Waals surface area contributed by atoms with Gasteiger partial charge in [0.2, 0.25) is 11.8 Å². The maximum atomic E-state index is 12.8. The number of imide groups is 2. The van der Waals surface area contributed by atoms with E-state index in [1.165, 1.54) is 0 Å². The zero-order valence-electron chi connectivity index (χ0n) is 14.4. The Hall–Kier alpha value is -2.74. The van der Waals surface area contributed by atoms with Crippen molar-refractivity contribution in [3.05, 3.63) is 29.3 Å². The topological polar surface area (TPSA) is 108 Å². The summed E-state index contributed by atoms with van der Waals surface area (Å²) in [7, 11) is 1.93. The third kappa shape index (κ3) is 2.66. The lowest BCUT2D eigenvalue weighted by atomic mass is 10.0. The molecule has 1 saturated heterocycles. The van der Waals surface area contributed by atoms with E-state index in [-0.39, 0.29) is 24.3 Å². The minimum Gasteiger partial charge on any atom is -0.383 e. The van der Waals surface area contributed by atoms with E-state index in [2.05, 4.69) is 16.0 Å². The molecule has 8 heteroatoms. The Morgan fingerprint density at radius 3 is 2.54 bits per heavy atom.